The zero-order chi connectivity index (χ0) is 26.0. The molecule has 1 amide bonds. The van der Waals surface area contributed by atoms with E-state index in [-0.39, 0.29) is 17.4 Å². The van der Waals surface area contributed by atoms with Crippen molar-refractivity contribution in [1.82, 2.24) is 9.80 Å². The summed E-state index contributed by atoms with van der Waals surface area (Å²) < 4.78 is 5.79. The van der Waals surface area contributed by atoms with Crippen LogP contribution in [0.1, 0.15) is 49.9 Å². The van der Waals surface area contributed by atoms with Crippen LogP contribution in [0.25, 0.3) is 5.76 Å². The molecule has 1 fully saturated rings. The van der Waals surface area contributed by atoms with Crippen molar-refractivity contribution in [3.63, 3.8) is 0 Å². The van der Waals surface area contributed by atoms with Crippen LogP contribution in [0.3, 0.4) is 0 Å². The van der Waals surface area contributed by atoms with Crippen LogP contribution in [0.2, 0.25) is 0 Å². The van der Waals surface area contributed by atoms with E-state index in [0.717, 1.165) is 55.0 Å². The minimum absolute atomic E-state index is 0.0731. The zero-order valence-electron chi connectivity index (χ0n) is 22.0. The van der Waals surface area contributed by atoms with Crippen LogP contribution in [0, 0.1) is 0 Å². The second-order valence-electron chi connectivity index (χ2n) is 9.81. The lowest BCUT2D eigenvalue weighted by Crippen LogP contribution is -2.33. The molecule has 36 heavy (non-hydrogen) atoms. The molecule has 192 valence electrons. The van der Waals surface area contributed by atoms with Crippen LogP contribution in [-0.2, 0) is 16.0 Å². The number of rotatable bonds is 9. The maximum atomic E-state index is 13.3. The Morgan fingerprint density at radius 1 is 1.08 bits per heavy atom. The van der Waals surface area contributed by atoms with Crippen LogP contribution in [-0.4, -0.2) is 73.0 Å². The third-order valence-corrected chi connectivity index (χ3v) is 7.20. The third kappa shape index (κ3) is 4.98. The van der Waals surface area contributed by atoms with Gasteiger partial charge in [-0.15, -0.1) is 0 Å². The number of benzene rings is 2. The molecule has 0 radical (unpaired) electrons. The Balaban J connectivity index is 1.73. The highest BCUT2D eigenvalue weighted by atomic mass is 16.5. The van der Waals surface area contributed by atoms with E-state index in [4.69, 9.17) is 4.74 Å². The number of carbonyl (C=O) groups is 2. The Hall–Kier alpha value is -3.32. The monoisotopic (exact) mass is 491 g/mol. The first kappa shape index (κ1) is 25.8. The molecular formula is C29H37N3O4. The molecule has 0 saturated carbocycles. The van der Waals surface area contributed by atoms with Crippen molar-refractivity contribution in [3.05, 3.63) is 64.7 Å². The first-order chi connectivity index (χ1) is 17.2. The van der Waals surface area contributed by atoms with Crippen molar-refractivity contribution >= 4 is 23.1 Å². The lowest BCUT2D eigenvalue weighted by atomic mass is 9.94. The minimum Gasteiger partial charge on any atom is -0.507 e. The number of Topliss-reactive ketones (excluding diaryl/α,β-unsaturated/α-hetero) is 1. The van der Waals surface area contributed by atoms with E-state index in [2.05, 4.69) is 18.7 Å². The van der Waals surface area contributed by atoms with Crippen LogP contribution in [0.4, 0.5) is 5.69 Å². The Morgan fingerprint density at radius 3 is 2.42 bits per heavy atom. The minimum atomic E-state index is -0.638. The summed E-state index contributed by atoms with van der Waals surface area (Å²) in [5.41, 5.74) is 3.49. The predicted molar refractivity (Wildman–Crippen MR) is 142 cm³/mol. The van der Waals surface area contributed by atoms with Crippen LogP contribution in [0.15, 0.2) is 48.0 Å². The molecule has 0 aliphatic carbocycles. The normalized spacial score (nSPS) is 20.7. The number of ketones is 1. The first-order valence-corrected chi connectivity index (χ1v) is 12.8. The summed E-state index contributed by atoms with van der Waals surface area (Å²) in [7, 11) is 3.93. The number of carbonyl (C=O) groups excluding carboxylic acids is 2. The Labute approximate surface area is 214 Å². The van der Waals surface area contributed by atoms with E-state index in [9.17, 15) is 14.7 Å². The smallest absolute Gasteiger partial charge is 0.295 e. The summed E-state index contributed by atoms with van der Waals surface area (Å²) in [6.07, 6.45) is 1.56. The second-order valence-corrected chi connectivity index (χ2v) is 9.81. The second kappa shape index (κ2) is 10.7. The number of anilines is 1. The number of ether oxygens (including phenoxy) is 1. The van der Waals surface area contributed by atoms with Gasteiger partial charge in [0.15, 0.2) is 0 Å². The van der Waals surface area contributed by atoms with E-state index in [1.54, 1.807) is 11.0 Å². The molecule has 7 heteroatoms. The SMILES string of the molecule is CCN(CC)CCCN1C(=O)C(=O)C(=C(O)c2ccc3c(c2)C[C@@H](C)O3)[C@@H]1c1ccc(N(C)C)cc1. The van der Waals surface area contributed by atoms with Gasteiger partial charge in [-0.25, -0.2) is 0 Å². The van der Waals surface area contributed by atoms with Gasteiger partial charge in [-0.05, 0) is 74.4 Å². The summed E-state index contributed by atoms with van der Waals surface area (Å²) >= 11 is 0. The molecule has 4 rings (SSSR count). The van der Waals surface area contributed by atoms with Crippen molar-refractivity contribution in [2.24, 2.45) is 0 Å². The summed E-state index contributed by atoms with van der Waals surface area (Å²) in [6.45, 7) is 9.38. The van der Waals surface area contributed by atoms with E-state index in [0.29, 0.717) is 12.1 Å². The Morgan fingerprint density at radius 2 is 1.78 bits per heavy atom. The maximum absolute atomic E-state index is 13.3. The summed E-state index contributed by atoms with van der Waals surface area (Å²) in [4.78, 5) is 32.5. The molecule has 2 heterocycles. The van der Waals surface area contributed by atoms with E-state index >= 15 is 0 Å². The number of hydrogen-bond donors (Lipinski definition) is 1. The average Bonchev–Trinajstić information content (AvgIpc) is 3.37. The van der Waals surface area contributed by atoms with Crippen molar-refractivity contribution in [3.8, 4) is 5.75 Å². The number of likely N-dealkylation sites (tertiary alicyclic amines) is 1. The first-order valence-electron chi connectivity index (χ1n) is 12.8. The van der Waals surface area contributed by atoms with Gasteiger partial charge in [0.05, 0.1) is 11.6 Å². The van der Waals surface area contributed by atoms with Crippen molar-refractivity contribution in [2.75, 3.05) is 45.2 Å². The van der Waals surface area contributed by atoms with Crippen LogP contribution in [0.5, 0.6) is 5.75 Å². The van der Waals surface area contributed by atoms with Crippen molar-refractivity contribution in [2.45, 2.75) is 45.8 Å². The highest BCUT2D eigenvalue weighted by Gasteiger charge is 2.45. The molecule has 0 aromatic heterocycles. The molecule has 1 saturated heterocycles. The number of aliphatic hydroxyl groups excluding tert-OH is 1. The van der Waals surface area contributed by atoms with Gasteiger partial charge in [-0.2, -0.15) is 0 Å². The van der Waals surface area contributed by atoms with Gasteiger partial charge < -0.3 is 24.5 Å². The largest absolute Gasteiger partial charge is 0.507 e. The molecule has 0 bridgehead atoms. The Kier molecular flexibility index (Phi) is 7.69. The standard InChI is InChI=1S/C29H37N3O4/c1-6-31(7-2)15-8-16-32-26(20-9-12-23(13-10-20)30(4)5)25(28(34)29(32)35)27(33)21-11-14-24-22(18-21)17-19(3)36-24/h9-14,18-19,26,33H,6-8,15-17H2,1-5H3/t19-,26+/m1/s1. The van der Waals surface area contributed by atoms with E-state index < -0.39 is 17.7 Å². The molecule has 2 aliphatic heterocycles. The molecule has 2 aliphatic rings. The fraction of sp³-hybridized carbons (Fsp3) is 0.448. The van der Waals surface area contributed by atoms with Gasteiger partial charge in [-0.1, -0.05) is 26.0 Å². The number of hydrogen-bond acceptors (Lipinski definition) is 6. The summed E-state index contributed by atoms with van der Waals surface area (Å²) in [5, 5.41) is 11.4. The summed E-state index contributed by atoms with van der Waals surface area (Å²) in [5.74, 6) is -0.534. The molecule has 0 unspecified atom stereocenters. The average molecular weight is 492 g/mol. The molecule has 1 N–H and O–H groups in total. The number of nitrogens with zero attached hydrogens (tertiary/aromatic N) is 3. The fourth-order valence-corrected chi connectivity index (χ4v) is 5.14. The van der Waals surface area contributed by atoms with Gasteiger partial charge in [0.1, 0.15) is 17.6 Å². The lowest BCUT2D eigenvalue weighted by molar-refractivity contribution is -0.140. The van der Waals surface area contributed by atoms with Crippen LogP contribution < -0.4 is 9.64 Å². The van der Waals surface area contributed by atoms with E-state index in [1.165, 1.54) is 0 Å². The van der Waals surface area contributed by atoms with Gasteiger partial charge in [0, 0.05) is 38.3 Å². The van der Waals surface area contributed by atoms with Gasteiger partial charge in [-0.3, -0.25) is 9.59 Å². The Bertz CT molecular complexity index is 1150. The molecule has 2 atom stereocenters. The highest BCUT2D eigenvalue weighted by molar-refractivity contribution is 6.46. The quantitative estimate of drug-likeness (QED) is 0.322. The lowest BCUT2D eigenvalue weighted by Gasteiger charge is -2.27. The van der Waals surface area contributed by atoms with E-state index in [1.807, 2.05) is 62.3 Å². The summed E-state index contributed by atoms with van der Waals surface area (Å²) in [6, 6.07) is 12.6. The highest BCUT2D eigenvalue weighted by Crippen LogP contribution is 2.41. The predicted octanol–water partition coefficient (Wildman–Crippen LogP) is 4.23. The molecular weight excluding hydrogens is 454 g/mol. The molecule has 0 spiro atoms. The zero-order valence-corrected chi connectivity index (χ0v) is 22.0. The fourth-order valence-electron chi connectivity index (χ4n) is 5.14. The molecule has 7 nitrogen and oxygen atoms in total. The number of aliphatic hydroxyl groups is 1. The van der Waals surface area contributed by atoms with Crippen LogP contribution >= 0.6 is 0 Å². The van der Waals surface area contributed by atoms with Gasteiger partial charge in [0.25, 0.3) is 11.7 Å². The third-order valence-electron chi connectivity index (χ3n) is 7.20. The maximum Gasteiger partial charge on any atom is 0.295 e. The van der Waals surface area contributed by atoms with Crippen molar-refractivity contribution in [1.29, 1.82) is 0 Å². The van der Waals surface area contributed by atoms with Gasteiger partial charge >= 0.3 is 0 Å². The number of amides is 1. The molecule has 2 aromatic rings. The number of fused-ring (bicyclic) bond motifs is 1. The molecule has 2 aromatic carbocycles. The topological polar surface area (TPSA) is 73.3 Å². The van der Waals surface area contributed by atoms with Gasteiger partial charge in [0.2, 0.25) is 0 Å². The van der Waals surface area contributed by atoms with Crippen molar-refractivity contribution < 1.29 is 19.4 Å².